The summed E-state index contributed by atoms with van der Waals surface area (Å²) in [5, 5.41) is 7.52. The number of nitrogens with one attached hydrogen (secondary N) is 1. The Morgan fingerprint density at radius 1 is 1.19 bits per heavy atom. The van der Waals surface area contributed by atoms with E-state index in [1.54, 1.807) is 22.9 Å². The summed E-state index contributed by atoms with van der Waals surface area (Å²) in [6.45, 7) is 5.86. The largest absolute Gasteiger partial charge is 0.305 e. The van der Waals surface area contributed by atoms with Crippen LogP contribution in [-0.4, -0.2) is 15.7 Å². The van der Waals surface area contributed by atoms with E-state index in [1.807, 2.05) is 39.0 Å². The number of carbonyl (C=O) groups is 1. The molecule has 4 nitrogen and oxygen atoms in total. The number of halogens is 2. The van der Waals surface area contributed by atoms with Crippen molar-refractivity contribution in [3.05, 3.63) is 81.3 Å². The number of hydrogen-bond donors (Lipinski definition) is 1. The van der Waals surface area contributed by atoms with Gasteiger partial charge in [-0.15, -0.1) is 0 Å². The molecule has 0 aliphatic rings. The van der Waals surface area contributed by atoms with Crippen LogP contribution in [0.5, 0.6) is 0 Å². The number of amides is 1. The number of nitrogens with zero attached hydrogens (tertiary/aromatic N) is 2. The van der Waals surface area contributed by atoms with Gasteiger partial charge in [0.05, 0.1) is 6.54 Å². The van der Waals surface area contributed by atoms with Gasteiger partial charge in [-0.25, -0.2) is 4.39 Å². The molecule has 0 spiro atoms. The minimum absolute atomic E-state index is 0.191. The molecular weight excluding hydrogens is 353 g/mol. The quantitative estimate of drug-likeness (QED) is 0.708. The average Bonchev–Trinajstić information content (AvgIpc) is 2.92. The normalized spacial score (nSPS) is 10.8. The van der Waals surface area contributed by atoms with Crippen LogP contribution in [0.3, 0.4) is 0 Å². The van der Waals surface area contributed by atoms with Crippen molar-refractivity contribution in [3.63, 3.8) is 0 Å². The molecule has 6 heteroatoms. The topological polar surface area (TPSA) is 46.9 Å². The van der Waals surface area contributed by atoms with Crippen molar-refractivity contribution in [1.29, 1.82) is 0 Å². The smallest absolute Gasteiger partial charge is 0.257 e. The van der Waals surface area contributed by atoms with Crippen LogP contribution in [0.1, 0.15) is 32.7 Å². The van der Waals surface area contributed by atoms with Gasteiger partial charge in [0.15, 0.2) is 5.82 Å². The molecule has 0 fully saturated rings. The number of carbonyl (C=O) groups excluding carboxylic acids is 1. The van der Waals surface area contributed by atoms with E-state index in [9.17, 15) is 9.18 Å². The molecule has 0 radical (unpaired) electrons. The number of aryl methyl sites for hydroxylation is 3. The van der Waals surface area contributed by atoms with Gasteiger partial charge in [0.1, 0.15) is 5.82 Å². The summed E-state index contributed by atoms with van der Waals surface area (Å²) in [6, 6.07) is 12.0. The van der Waals surface area contributed by atoms with Crippen molar-refractivity contribution in [2.75, 3.05) is 5.32 Å². The van der Waals surface area contributed by atoms with Crippen LogP contribution < -0.4 is 5.32 Å². The summed E-state index contributed by atoms with van der Waals surface area (Å²) in [6.07, 6.45) is 0. The van der Waals surface area contributed by atoms with Gasteiger partial charge in [-0.2, -0.15) is 5.10 Å². The van der Waals surface area contributed by atoms with Crippen molar-refractivity contribution in [2.24, 2.45) is 0 Å². The maximum absolute atomic E-state index is 14.0. The number of benzene rings is 2. The average molecular weight is 372 g/mol. The lowest BCUT2D eigenvalue weighted by molar-refractivity contribution is 0.102. The number of aromatic nitrogens is 2. The lowest BCUT2D eigenvalue weighted by Gasteiger charge is -2.08. The second-order valence-electron chi connectivity index (χ2n) is 6.30. The van der Waals surface area contributed by atoms with Gasteiger partial charge < -0.3 is 5.32 Å². The fourth-order valence-corrected chi connectivity index (χ4v) is 2.95. The molecule has 3 rings (SSSR count). The standard InChI is InChI=1S/C20H19ClFN3O/c1-12-7-8-13(2)15(9-12)20(26)23-19-10-14(3)25(24-19)11-16-17(21)5-4-6-18(16)22/h4-10H,11H2,1-3H3,(H,23,24,26). The molecule has 0 unspecified atom stereocenters. The van der Waals surface area contributed by atoms with Crippen LogP contribution in [0.25, 0.3) is 0 Å². The fraction of sp³-hybridized carbons (Fsp3) is 0.200. The molecule has 0 saturated carbocycles. The first-order valence-corrected chi connectivity index (χ1v) is 8.59. The van der Waals surface area contributed by atoms with Crippen LogP contribution >= 0.6 is 11.6 Å². The molecular formula is C20H19ClFN3O. The number of rotatable bonds is 4. The van der Waals surface area contributed by atoms with Gasteiger partial charge in [0.25, 0.3) is 5.91 Å². The summed E-state index contributed by atoms with van der Waals surface area (Å²) in [5.74, 6) is -0.186. The highest BCUT2D eigenvalue weighted by atomic mass is 35.5. The second kappa shape index (κ2) is 7.30. The lowest BCUT2D eigenvalue weighted by atomic mass is 10.1. The van der Waals surface area contributed by atoms with E-state index in [-0.39, 0.29) is 18.3 Å². The van der Waals surface area contributed by atoms with Crippen LogP contribution in [0, 0.1) is 26.6 Å². The molecule has 0 atom stereocenters. The lowest BCUT2D eigenvalue weighted by Crippen LogP contribution is -2.14. The van der Waals surface area contributed by atoms with E-state index < -0.39 is 0 Å². The molecule has 0 saturated heterocycles. The number of anilines is 1. The zero-order chi connectivity index (χ0) is 18.8. The molecule has 26 heavy (non-hydrogen) atoms. The Morgan fingerprint density at radius 3 is 2.69 bits per heavy atom. The highest BCUT2D eigenvalue weighted by molar-refractivity contribution is 6.31. The van der Waals surface area contributed by atoms with Gasteiger partial charge in [-0.3, -0.25) is 9.48 Å². The monoisotopic (exact) mass is 371 g/mol. The van der Waals surface area contributed by atoms with E-state index in [0.717, 1.165) is 16.8 Å². The van der Waals surface area contributed by atoms with Gasteiger partial charge in [-0.1, -0.05) is 35.4 Å². The Hall–Kier alpha value is -2.66. The third kappa shape index (κ3) is 3.78. The van der Waals surface area contributed by atoms with Crippen LogP contribution in [0.4, 0.5) is 10.2 Å². The van der Waals surface area contributed by atoms with E-state index in [1.165, 1.54) is 6.07 Å². The zero-order valence-electron chi connectivity index (χ0n) is 14.8. The van der Waals surface area contributed by atoms with Crippen molar-refractivity contribution in [3.8, 4) is 0 Å². The Balaban J connectivity index is 1.82. The second-order valence-corrected chi connectivity index (χ2v) is 6.71. The van der Waals surface area contributed by atoms with Gasteiger partial charge in [0, 0.05) is 27.9 Å². The molecule has 3 aromatic rings. The predicted octanol–water partition coefficient (Wildman–Crippen LogP) is 4.90. The third-order valence-corrected chi connectivity index (χ3v) is 4.58. The first-order chi connectivity index (χ1) is 12.3. The van der Waals surface area contributed by atoms with Crippen molar-refractivity contribution >= 4 is 23.3 Å². The van der Waals surface area contributed by atoms with E-state index in [4.69, 9.17) is 11.6 Å². The summed E-state index contributed by atoms with van der Waals surface area (Å²) in [4.78, 5) is 12.5. The first kappa shape index (κ1) is 18.1. The Morgan fingerprint density at radius 2 is 1.96 bits per heavy atom. The van der Waals surface area contributed by atoms with Crippen molar-refractivity contribution < 1.29 is 9.18 Å². The maximum atomic E-state index is 14.0. The molecule has 1 amide bonds. The van der Waals surface area contributed by atoms with Crippen molar-refractivity contribution in [1.82, 2.24) is 9.78 Å². The molecule has 0 bridgehead atoms. The maximum Gasteiger partial charge on any atom is 0.257 e. The van der Waals surface area contributed by atoms with Crippen LogP contribution in [0.2, 0.25) is 5.02 Å². The van der Waals surface area contributed by atoms with Gasteiger partial charge >= 0.3 is 0 Å². The molecule has 0 aliphatic heterocycles. The SMILES string of the molecule is Cc1ccc(C)c(C(=O)Nc2cc(C)n(Cc3c(F)cccc3Cl)n2)c1. The van der Waals surface area contributed by atoms with Crippen molar-refractivity contribution in [2.45, 2.75) is 27.3 Å². The van der Waals surface area contributed by atoms with E-state index in [2.05, 4.69) is 10.4 Å². The molecule has 2 aromatic carbocycles. The minimum atomic E-state index is -0.381. The summed E-state index contributed by atoms with van der Waals surface area (Å²) < 4.78 is 15.6. The molecule has 134 valence electrons. The predicted molar refractivity (Wildman–Crippen MR) is 101 cm³/mol. The Bertz CT molecular complexity index is 961. The molecule has 0 aliphatic carbocycles. The van der Waals surface area contributed by atoms with E-state index >= 15 is 0 Å². The molecule has 1 aromatic heterocycles. The molecule has 1 N–H and O–H groups in total. The van der Waals surface area contributed by atoms with Crippen LogP contribution in [-0.2, 0) is 6.54 Å². The van der Waals surface area contributed by atoms with Crippen LogP contribution in [0.15, 0.2) is 42.5 Å². The Kier molecular flexibility index (Phi) is 5.09. The Labute approximate surface area is 156 Å². The summed E-state index contributed by atoms with van der Waals surface area (Å²) >= 11 is 6.08. The first-order valence-electron chi connectivity index (χ1n) is 8.21. The minimum Gasteiger partial charge on any atom is -0.305 e. The zero-order valence-corrected chi connectivity index (χ0v) is 15.6. The summed E-state index contributed by atoms with van der Waals surface area (Å²) in [5.41, 5.74) is 3.67. The number of hydrogen-bond acceptors (Lipinski definition) is 2. The summed E-state index contributed by atoms with van der Waals surface area (Å²) in [7, 11) is 0. The van der Waals surface area contributed by atoms with E-state index in [0.29, 0.717) is 22.0 Å². The highest BCUT2D eigenvalue weighted by Crippen LogP contribution is 2.21. The van der Waals surface area contributed by atoms with Gasteiger partial charge in [0.2, 0.25) is 0 Å². The fourth-order valence-electron chi connectivity index (χ4n) is 2.73. The third-order valence-electron chi connectivity index (χ3n) is 4.23. The molecule has 1 heterocycles. The van der Waals surface area contributed by atoms with Gasteiger partial charge in [-0.05, 0) is 44.5 Å². The highest BCUT2D eigenvalue weighted by Gasteiger charge is 2.14.